The Labute approximate surface area is 436 Å². The summed E-state index contributed by atoms with van der Waals surface area (Å²) in [6.45, 7) is 6.34. The minimum absolute atomic E-state index is 0.139. The van der Waals surface area contributed by atoms with Crippen molar-refractivity contribution in [3.8, 4) is 0 Å². The molecule has 0 aromatic carbocycles. The summed E-state index contributed by atoms with van der Waals surface area (Å²) in [5, 5.41) is 0. The molecule has 0 aliphatic carbocycles. The summed E-state index contributed by atoms with van der Waals surface area (Å²) in [6.07, 6.45) is 82.8. The molecule has 0 bridgehead atoms. The Morgan fingerprint density at radius 2 is 0.577 bits per heavy atom. The van der Waals surface area contributed by atoms with Gasteiger partial charge in [0.25, 0.3) is 0 Å². The number of carbonyl (C=O) groups is 3. The van der Waals surface area contributed by atoms with E-state index in [-0.39, 0.29) is 38.0 Å². The molecule has 0 fully saturated rings. The van der Waals surface area contributed by atoms with E-state index in [1.54, 1.807) is 0 Å². The number of ether oxygens (including phenoxy) is 3. The fraction of sp³-hybridized carbons (Fsp3) is 0.585. The van der Waals surface area contributed by atoms with E-state index < -0.39 is 12.1 Å². The first-order chi connectivity index (χ1) is 35.0. The van der Waals surface area contributed by atoms with Crippen molar-refractivity contribution in [2.45, 2.75) is 232 Å². The van der Waals surface area contributed by atoms with Crippen LogP contribution in [0.15, 0.2) is 146 Å². The lowest BCUT2D eigenvalue weighted by Gasteiger charge is -2.18. The van der Waals surface area contributed by atoms with Gasteiger partial charge in [0.05, 0.1) is 0 Å². The number of esters is 3. The fourth-order valence-corrected chi connectivity index (χ4v) is 7.09. The van der Waals surface area contributed by atoms with Crippen LogP contribution in [0.5, 0.6) is 0 Å². The summed E-state index contributed by atoms with van der Waals surface area (Å²) in [5.74, 6) is -1.12. The van der Waals surface area contributed by atoms with Gasteiger partial charge in [-0.2, -0.15) is 0 Å². The second-order valence-electron chi connectivity index (χ2n) is 18.1. The molecule has 0 radical (unpaired) electrons. The van der Waals surface area contributed by atoms with E-state index in [1.807, 2.05) is 24.3 Å². The molecule has 1 atom stereocenters. The number of hydrogen-bond donors (Lipinski definition) is 0. The summed E-state index contributed by atoms with van der Waals surface area (Å²) in [4.78, 5) is 38.1. The highest BCUT2D eigenvalue weighted by atomic mass is 16.6. The Morgan fingerprint density at radius 3 is 0.986 bits per heavy atom. The first-order valence-electron chi connectivity index (χ1n) is 28.3. The van der Waals surface area contributed by atoms with Crippen LogP contribution in [0, 0.1) is 0 Å². The number of allylic oxidation sites excluding steroid dienone is 24. The highest BCUT2D eigenvalue weighted by molar-refractivity contribution is 5.71. The van der Waals surface area contributed by atoms with Crippen LogP contribution in [0.1, 0.15) is 226 Å². The summed E-state index contributed by atoms with van der Waals surface area (Å²) in [5.41, 5.74) is 0. The Morgan fingerprint density at radius 1 is 0.296 bits per heavy atom. The molecule has 398 valence electrons. The highest BCUT2D eigenvalue weighted by Crippen LogP contribution is 2.12. The Hall–Kier alpha value is -4.71. The van der Waals surface area contributed by atoms with E-state index in [9.17, 15) is 14.4 Å². The lowest BCUT2D eigenvalue weighted by Crippen LogP contribution is -2.30. The summed E-state index contributed by atoms with van der Waals surface area (Å²) >= 11 is 0. The van der Waals surface area contributed by atoms with Gasteiger partial charge in [0.15, 0.2) is 6.10 Å². The molecule has 0 aliphatic heterocycles. The molecule has 0 aliphatic rings. The van der Waals surface area contributed by atoms with Crippen LogP contribution in [-0.4, -0.2) is 37.2 Å². The Bertz CT molecular complexity index is 1590. The molecule has 6 heteroatoms. The number of hydrogen-bond acceptors (Lipinski definition) is 6. The molecule has 0 aromatic rings. The van der Waals surface area contributed by atoms with Crippen molar-refractivity contribution in [3.05, 3.63) is 146 Å². The zero-order chi connectivity index (χ0) is 51.4. The van der Waals surface area contributed by atoms with Crippen LogP contribution in [0.3, 0.4) is 0 Å². The Kier molecular flexibility index (Phi) is 54.0. The third-order valence-electron chi connectivity index (χ3n) is 11.3. The highest BCUT2D eigenvalue weighted by Gasteiger charge is 2.19. The average Bonchev–Trinajstić information content (AvgIpc) is 3.37. The topological polar surface area (TPSA) is 78.9 Å². The van der Waals surface area contributed by atoms with Crippen molar-refractivity contribution in [2.75, 3.05) is 13.2 Å². The minimum Gasteiger partial charge on any atom is -0.462 e. The standard InChI is InChI=1S/C65H102O6/c1-4-7-10-13-16-19-22-25-28-30-32-34-37-40-43-46-49-52-55-58-64(67)70-61-62(60-69-63(66)57-54-51-48-45-42-39-36-27-24-21-18-15-12-9-6-3)71-65(68)59-56-53-50-47-44-41-38-35-33-31-29-26-23-20-17-14-11-8-5-2/h8,11,16-17,19-21,24-26,28-29,32-35,40-41,43-44,49-50,52-53,62H,4-7,9-10,12-15,18,22-23,27,30-31,36-39,42,45-48,51,54-61H2,1-3H3/b11-8-,19-16-,20-17-,24-21-,28-25-,29-26-,34-32-,35-33-,43-40-,44-41-,52-49-,53-50-/t62-/m0/s1. The quantitative estimate of drug-likeness (QED) is 0.0262. The first-order valence-corrected chi connectivity index (χ1v) is 28.3. The maximum absolute atomic E-state index is 12.8. The van der Waals surface area contributed by atoms with Crippen molar-refractivity contribution in [1.82, 2.24) is 0 Å². The van der Waals surface area contributed by atoms with Crippen LogP contribution in [0.2, 0.25) is 0 Å². The van der Waals surface area contributed by atoms with Crippen molar-refractivity contribution in [1.29, 1.82) is 0 Å². The van der Waals surface area contributed by atoms with Crippen molar-refractivity contribution < 1.29 is 28.6 Å². The lowest BCUT2D eigenvalue weighted by atomic mass is 10.1. The van der Waals surface area contributed by atoms with E-state index in [2.05, 4.69) is 142 Å². The zero-order valence-electron chi connectivity index (χ0n) is 45.4. The van der Waals surface area contributed by atoms with Gasteiger partial charge in [-0.1, -0.05) is 231 Å². The van der Waals surface area contributed by atoms with Crippen molar-refractivity contribution >= 4 is 17.9 Å². The molecule has 0 saturated carbocycles. The molecule has 0 saturated heterocycles. The second kappa shape index (κ2) is 57.9. The molecule has 0 heterocycles. The minimum atomic E-state index is -0.857. The number of carbonyl (C=O) groups excluding carboxylic acids is 3. The van der Waals surface area contributed by atoms with Gasteiger partial charge in [-0.15, -0.1) is 0 Å². The average molecular weight is 980 g/mol. The molecule has 0 aromatic heterocycles. The van der Waals surface area contributed by atoms with E-state index in [0.717, 1.165) is 83.5 Å². The fourth-order valence-electron chi connectivity index (χ4n) is 7.09. The van der Waals surface area contributed by atoms with Crippen LogP contribution in [-0.2, 0) is 28.6 Å². The molecular formula is C65H102O6. The van der Waals surface area contributed by atoms with Crippen LogP contribution >= 0.6 is 0 Å². The smallest absolute Gasteiger partial charge is 0.306 e. The predicted octanol–water partition coefficient (Wildman–Crippen LogP) is 19.2. The maximum Gasteiger partial charge on any atom is 0.306 e. The summed E-state index contributed by atoms with van der Waals surface area (Å²) in [7, 11) is 0. The third kappa shape index (κ3) is 56.1. The Balaban J connectivity index is 4.65. The van der Waals surface area contributed by atoms with Gasteiger partial charge in [0.1, 0.15) is 13.2 Å². The third-order valence-corrected chi connectivity index (χ3v) is 11.3. The van der Waals surface area contributed by atoms with E-state index in [4.69, 9.17) is 14.2 Å². The molecule has 0 rings (SSSR count). The van der Waals surface area contributed by atoms with E-state index in [1.165, 1.54) is 89.9 Å². The van der Waals surface area contributed by atoms with Gasteiger partial charge in [-0.25, -0.2) is 0 Å². The molecule has 6 nitrogen and oxygen atoms in total. The van der Waals surface area contributed by atoms with Gasteiger partial charge in [0.2, 0.25) is 0 Å². The number of rotatable bonds is 49. The maximum atomic E-state index is 12.8. The summed E-state index contributed by atoms with van der Waals surface area (Å²) < 4.78 is 16.7. The van der Waals surface area contributed by atoms with Gasteiger partial charge >= 0.3 is 17.9 Å². The summed E-state index contributed by atoms with van der Waals surface area (Å²) in [6, 6.07) is 0. The van der Waals surface area contributed by atoms with Crippen LogP contribution in [0.4, 0.5) is 0 Å². The van der Waals surface area contributed by atoms with Crippen molar-refractivity contribution in [2.24, 2.45) is 0 Å². The monoisotopic (exact) mass is 979 g/mol. The normalized spacial score (nSPS) is 13.2. The van der Waals surface area contributed by atoms with Gasteiger partial charge in [-0.05, 0) is 122 Å². The first kappa shape index (κ1) is 66.3. The largest absolute Gasteiger partial charge is 0.462 e. The van der Waals surface area contributed by atoms with Gasteiger partial charge in [0, 0.05) is 19.3 Å². The SMILES string of the molecule is CC/C=C\C/C=C\C/C=C\C/C=C\C/C=C\C/C=C\CCC(=O)O[C@H](COC(=O)CC/C=C\C/C=C\C/C=C\C/C=C\C/C=C\CCCCC)COC(=O)CCCCCCCCC/C=C\CCCCCC. The molecule has 0 spiro atoms. The molecule has 0 N–H and O–H groups in total. The number of unbranched alkanes of at least 4 members (excludes halogenated alkanes) is 14. The van der Waals surface area contributed by atoms with E-state index in [0.29, 0.717) is 19.3 Å². The molecule has 0 unspecified atom stereocenters. The van der Waals surface area contributed by atoms with Gasteiger partial charge < -0.3 is 14.2 Å². The van der Waals surface area contributed by atoms with Gasteiger partial charge in [-0.3, -0.25) is 14.4 Å². The second-order valence-corrected chi connectivity index (χ2v) is 18.1. The zero-order valence-corrected chi connectivity index (χ0v) is 45.4. The van der Waals surface area contributed by atoms with Crippen molar-refractivity contribution in [3.63, 3.8) is 0 Å². The molecular weight excluding hydrogens is 877 g/mol. The van der Waals surface area contributed by atoms with Crippen LogP contribution < -0.4 is 0 Å². The van der Waals surface area contributed by atoms with Crippen LogP contribution in [0.25, 0.3) is 0 Å². The van der Waals surface area contributed by atoms with E-state index >= 15 is 0 Å². The molecule has 71 heavy (non-hydrogen) atoms. The predicted molar refractivity (Wildman–Crippen MR) is 306 cm³/mol. The molecule has 0 amide bonds. The lowest BCUT2D eigenvalue weighted by molar-refractivity contribution is -0.166.